The van der Waals surface area contributed by atoms with Crippen molar-refractivity contribution in [2.75, 3.05) is 5.75 Å². The van der Waals surface area contributed by atoms with Gasteiger partial charge < -0.3 is 10.4 Å². The van der Waals surface area contributed by atoms with Crippen LogP contribution < -0.4 is 5.32 Å². The number of β-lactam (4-membered cyclic amide) rings is 1. The summed E-state index contributed by atoms with van der Waals surface area (Å²) in [6, 6.07) is 7.11. The molecule has 134 valence electrons. The van der Waals surface area contributed by atoms with Crippen molar-refractivity contribution in [2.24, 2.45) is 0 Å². The van der Waals surface area contributed by atoms with Gasteiger partial charge >= 0.3 is 5.97 Å². The van der Waals surface area contributed by atoms with Crippen LogP contribution in [-0.2, 0) is 20.8 Å². The Morgan fingerprint density at radius 3 is 2.88 bits per heavy atom. The smallest absolute Gasteiger partial charge is 0.353 e. The highest BCUT2D eigenvalue weighted by atomic mass is 35.5. The Balaban J connectivity index is 1.46. The highest BCUT2D eigenvalue weighted by molar-refractivity contribution is 8.00. The van der Waals surface area contributed by atoms with Gasteiger partial charge in [-0.1, -0.05) is 29.8 Å². The van der Waals surface area contributed by atoms with Crippen molar-refractivity contribution in [1.82, 2.24) is 10.2 Å². The lowest BCUT2D eigenvalue weighted by Crippen LogP contribution is -2.70. The molecule has 2 atom stereocenters. The Bertz CT molecular complexity index is 971. The molecule has 4 rings (SSSR count). The first-order valence-electron chi connectivity index (χ1n) is 7.78. The van der Waals surface area contributed by atoms with Crippen molar-refractivity contribution >= 4 is 62.6 Å². The van der Waals surface area contributed by atoms with Gasteiger partial charge in [-0.15, -0.1) is 23.1 Å². The van der Waals surface area contributed by atoms with Crippen LogP contribution in [0, 0.1) is 0 Å². The zero-order chi connectivity index (χ0) is 18.4. The molecule has 1 aromatic heterocycles. The number of carbonyl (C=O) groups is 3. The third-order valence-corrected chi connectivity index (χ3v) is 7.12. The summed E-state index contributed by atoms with van der Waals surface area (Å²) >= 11 is 8.86. The average Bonchev–Trinajstić information content (AvgIpc) is 3.02. The Morgan fingerprint density at radius 1 is 1.35 bits per heavy atom. The number of hydrogen-bond donors (Lipinski definition) is 2. The second-order valence-electron chi connectivity index (χ2n) is 5.95. The Hall–Kier alpha value is -2.03. The molecule has 0 saturated carbocycles. The van der Waals surface area contributed by atoms with Crippen molar-refractivity contribution in [3.63, 3.8) is 0 Å². The lowest BCUT2D eigenvalue weighted by molar-refractivity contribution is -0.150. The molecule has 26 heavy (non-hydrogen) atoms. The van der Waals surface area contributed by atoms with E-state index in [0.29, 0.717) is 5.75 Å². The van der Waals surface area contributed by atoms with E-state index in [1.165, 1.54) is 11.8 Å². The number of amides is 2. The van der Waals surface area contributed by atoms with Gasteiger partial charge in [0.25, 0.3) is 5.91 Å². The number of thioether (sulfide) groups is 1. The molecule has 2 aliphatic heterocycles. The van der Waals surface area contributed by atoms with Crippen LogP contribution in [-0.4, -0.2) is 45.0 Å². The van der Waals surface area contributed by atoms with Crippen molar-refractivity contribution in [2.45, 2.75) is 17.8 Å². The van der Waals surface area contributed by atoms with Gasteiger partial charge in [0, 0.05) is 10.5 Å². The van der Waals surface area contributed by atoms with E-state index in [4.69, 9.17) is 11.6 Å². The fourth-order valence-corrected chi connectivity index (χ4v) is 5.66. The summed E-state index contributed by atoms with van der Waals surface area (Å²) in [4.78, 5) is 37.3. The summed E-state index contributed by atoms with van der Waals surface area (Å²) in [5.74, 6) is -1.63. The van der Waals surface area contributed by atoms with Gasteiger partial charge in [0.15, 0.2) is 0 Å². The number of fused-ring (bicyclic) bond motifs is 2. The quantitative estimate of drug-likeness (QED) is 0.758. The zero-order valence-corrected chi connectivity index (χ0v) is 15.7. The predicted molar refractivity (Wildman–Crippen MR) is 101 cm³/mol. The number of nitrogens with one attached hydrogen (secondary N) is 1. The molecule has 2 amide bonds. The maximum absolute atomic E-state index is 12.4. The fraction of sp³-hybridized carbons (Fsp3) is 0.235. The molecule has 9 heteroatoms. The van der Waals surface area contributed by atoms with Crippen LogP contribution in [0.15, 0.2) is 40.4 Å². The SMILES string of the molecule is O=C(Cc1csc2ccccc12)N[C@@H]1C(=O)N2C(C(=O)O)=C(Cl)CS[C@H]12. The lowest BCUT2D eigenvalue weighted by atomic mass is 10.0. The van der Waals surface area contributed by atoms with Gasteiger partial charge in [-0.25, -0.2) is 4.79 Å². The van der Waals surface area contributed by atoms with Gasteiger partial charge in [0.1, 0.15) is 17.1 Å². The molecule has 0 bridgehead atoms. The molecule has 0 unspecified atom stereocenters. The number of hydrogen-bond acceptors (Lipinski definition) is 5. The van der Waals surface area contributed by atoms with E-state index < -0.39 is 23.3 Å². The monoisotopic (exact) mass is 408 g/mol. The van der Waals surface area contributed by atoms with Gasteiger partial charge in [-0.2, -0.15) is 0 Å². The summed E-state index contributed by atoms with van der Waals surface area (Å²) in [7, 11) is 0. The molecule has 1 fully saturated rings. The van der Waals surface area contributed by atoms with Crippen LogP contribution >= 0.6 is 34.7 Å². The second kappa shape index (κ2) is 6.61. The van der Waals surface area contributed by atoms with Crippen molar-refractivity contribution in [3.8, 4) is 0 Å². The van der Waals surface area contributed by atoms with Crippen LogP contribution in [0.3, 0.4) is 0 Å². The zero-order valence-electron chi connectivity index (χ0n) is 13.3. The number of carboxylic acids is 1. The van der Waals surface area contributed by atoms with Crippen molar-refractivity contribution in [3.05, 3.63) is 45.9 Å². The Kier molecular flexibility index (Phi) is 4.42. The van der Waals surface area contributed by atoms with Crippen LogP contribution in [0.5, 0.6) is 0 Å². The van der Waals surface area contributed by atoms with E-state index in [9.17, 15) is 19.5 Å². The maximum atomic E-state index is 12.4. The minimum Gasteiger partial charge on any atom is -0.477 e. The molecule has 2 aliphatic rings. The van der Waals surface area contributed by atoms with Crippen LogP contribution in [0.25, 0.3) is 10.1 Å². The molecule has 1 saturated heterocycles. The Labute approximate surface area is 161 Å². The van der Waals surface area contributed by atoms with E-state index >= 15 is 0 Å². The lowest BCUT2D eigenvalue weighted by Gasteiger charge is -2.48. The molecule has 1 aromatic carbocycles. The van der Waals surface area contributed by atoms with Crippen LogP contribution in [0.2, 0.25) is 0 Å². The third-order valence-electron chi connectivity index (χ3n) is 4.35. The standard InChI is InChI=1S/C17H13ClN2O4S2/c18-10-7-26-16-13(15(22)20(16)14(10)17(23)24)19-12(21)5-8-6-25-11-4-2-1-3-9(8)11/h1-4,6,13,16H,5,7H2,(H,19,21)(H,23,24)/t13-,16-/m1/s1. The van der Waals surface area contributed by atoms with E-state index in [1.807, 2.05) is 29.6 Å². The van der Waals surface area contributed by atoms with Crippen molar-refractivity contribution in [1.29, 1.82) is 0 Å². The van der Waals surface area contributed by atoms with E-state index in [0.717, 1.165) is 20.5 Å². The van der Waals surface area contributed by atoms with Gasteiger partial charge in [0.2, 0.25) is 5.91 Å². The summed E-state index contributed by atoms with van der Waals surface area (Å²) in [5, 5.41) is 14.7. The number of carbonyl (C=O) groups excluding carboxylic acids is 2. The molecule has 3 heterocycles. The molecule has 2 N–H and O–H groups in total. The minimum absolute atomic E-state index is 0.140. The molecule has 0 radical (unpaired) electrons. The molecule has 6 nitrogen and oxygen atoms in total. The van der Waals surface area contributed by atoms with Crippen LogP contribution in [0.4, 0.5) is 0 Å². The molecular formula is C17H13ClN2O4S2. The predicted octanol–water partition coefficient (Wildman–Crippen LogP) is 2.38. The first-order chi connectivity index (χ1) is 12.5. The normalized spacial score (nSPS) is 22.2. The first kappa shape index (κ1) is 17.4. The average molecular weight is 409 g/mol. The maximum Gasteiger partial charge on any atom is 0.353 e. The molecular weight excluding hydrogens is 396 g/mol. The van der Waals surface area contributed by atoms with E-state index in [2.05, 4.69) is 5.32 Å². The third kappa shape index (κ3) is 2.78. The number of aliphatic carboxylic acids is 1. The highest BCUT2D eigenvalue weighted by Gasteiger charge is 2.54. The largest absolute Gasteiger partial charge is 0.477 e. The van der Waals surface area contributed by atoms with Crippen LogP contribution in [0.1, 0.15) is 5.56 Å². The highest BCUT2D eigenvalue weighted by Crippen LogP contribution is 2.41. The summed E-state index contributed by atoms with van der Waals surface area (Å²) in [6.07, 6.45) is 0.174. The summed E-state index contributed by atoms with van der Waals surface area (Å²) < 4.78 is 1.11. The van der Waals surface area contributed by atoms with Gasteiger partial charge in [0.05, 0.1) is 11.5 Å². The number of thiophene rings is 1. The number of rotatable bonds is 4. The Morgan fingerprint density at radius 2 is 2.12 bits per heavy atom. The first-order valence-corrected chi connectivity index (χ1v) is 10.1. The van der Waals surface area contributed by atoms with Gasteiger partial charge in [-0.3, -0.25) is 14.5 Å². The fourth-order valence-electron chi connectivity index (χ4n) is 3.15. The topological polar surface area (TPSA) is 86.7 Å². The number of carboxylic acid groups (broad SMARTS) is 1. The summed E-state index contributed by atoms with van der Waals surface area (Å²) in [6.45, 7) is 0. The number of benzene rings is 1. The number of halogens is 1. The molecule has 0 spiro atoms. The number of nitrogens with zero attached hydrogens (tertiary/aromatic N) is 1. The summed E-state index contributed by atoms with van der Waals surface area (Å²) in [5.41, 5.74) is 0.729. The molecule has 2 aromatic rings. The molecule has 0 aliphatic carbocycles. The second-order valence-corrected chi connectivity index (χ2v) is 8.42. The van der Waals surface area contributed by atoms with Gasteiger partial charge in [-0.05, 0) is 22.4 Å². The van der Waals surface area contributed by atoms with E-state index in [-0.39, 0.29) is 23.1 Å². The van der Waals surface area contributed by atoms with E-state index in [1.54, 1.807) is 11.3 Å². The van der Waals surface area contributed by atoms with Crippen molar-refractivity contribution < 1.29 is 19.5 Å². The minimum atomic E-state index is -1.23.